The number of nitriles is 1. The first-order chi connectivity index (χ1) is 10.2. The van der Waals surface area contributed by atoms with Gasteiger partial charge in [-0.15, -0.1) is 0 Å². The summed E-state index contributed by atoms with van der Waals surface area (Å²) in [5.41, 5.74) is 2.58. The van der Waals surface area contributed by atoms with Crippen molar-refractivity contribution in [1.29, 1.82) is 5.26 Å². The maximum Gasteiger partial charge on any atom is 0.109 e. The molecule has 3 unspecified atom stereocenters. The van der Waals surface area contributed by atoms with E-state index in [1.807, 2.05) is 7.05 Å². The van der Waals surface area contributed by atoms with Gasteiger partial charge in [-0.05, 0) is 57.2 Å². The fourth-order valence-corrected chi connectivity index (χ4v) is 4.27. The molecule has 0 aromatic heterocycles. The lowest BCUT2D eigenvalue weighted by atomic mass is 9.86. The van der Waals surface area contributed by atoms with Crippen molar-refractivity contribution < 1.29 is 0 Å². The number of para-hydroxylation sites is 1. The molecule has 112 valence electrons. The zero-order valence-electron chi connectivity index (χ0n) is 13.1. The highest BCUT2D eigenvalue weighted by Gasteiger charge is 2.42. The van der Waals surface area contributed by atoms with E-state index in [9.17, 15) is 5.26 Å². The number of fused-ring (bicyclic) bond motifs is 1. The van der Waals surface area contributed by atoms with Gasteiger partial charge in [-0.2, -0.15) is 5.26 Å². The molecule has 3 heteroatoms. The largest absolute Gasteiger partial charge is 0.368 e. The van der Waals surface area contributed by atoms with Crippen molar-refractivity contribution in [2.75, 3.05) is 18.5 Å². The molecule has 0 bridgehead atoms. The Morgan fingerprint density at radius 3 is 3.00 bits per heavy atom. The van der Waals surface area contributed by atoms with Crippen molar-refractivity contribution in [3.8, 4) is 6.07 Å². The van der Waals surface area contributed by atoms with Crippen molar-refractivity contribution in [3.63, 3.8) is 0 Å². The van der Waals surface area contributed by atoms with E-state index in [0.29, 0.717) is 12.0 Å². The van der Waals surface area contributed by atoms with Crippen LogP contribution in [0.15, 0.2) is 24.3 Å². The number of nitrogens with one attached hydrogen (secondary N) is 1. The average molecular weight is 283 g/mol. The van der Waals surface area contributed by atoms with E-state index >= 15 is 0 Å². The second-order valence-electron chi connectivity index (χ2n) is 6.59. The maximum absolute atomic E-state index is 9.56. The summed E-state index contributed by atoms with van der Waals surface area (Å²) >= 11 is 0. The Balaban J connectivity index is 1.70. The topological polar surface area (TPSA) is 39.1 Å². The number of hydrogen-bond donors (Lipinski definition) is 1. The van der Waals surface area contributed by atoms with Gasteiger partial charge in [0.25, 0.3) is 0 Å². The van der Waals surface area contributed by atoms with Crippen molar-refractivity contribution in [2.45, 2.75) is 50.6 Å². The molecule has 0 saturated heterocycles. The van der Waals surface area contributed by atoms with Crippen LogP contribution in [0.2, 0.25) is 0 Å². The van der Waals surface area contributed by atoms with Crippen molar-refractivity contribution in [1.82, 2.24) is 5.32 Å². The van der Waals surface area contributed by atoms with Crippen LogP contribution in [0.3, 0.4) is 0 Å². The Kier molecular flexibility index (Phi) is 3.91. The van der Waals surface area contributed by atoms with Crippen LogP contribution in [-0.4, -0.2) is 25.2 Å². The fraction of sp³-hybridized carbons (Fsp3) is 0.611. The van der Waals surface area contributed by atoms with Gasteiger partial charge < -0.3 is 10.2 Å². The van der Waals surface area contributed by atoms with Crippen LogP contribution in [0.1, 0.15) is 38.2 Å². The van der Waals surface area contributed by atoms with Gasteiger partial charge in [-0.25, -0.2) is 0 Å². The normalized spacial score (nSPS) is 31.2. The molecule has 3 nitrogen and oxygen atoms in total. The molecular formula is C18H25N3. The van der Waals surface area contributed by atoms with Crippen LogP contribution in [0, 0.1) is 17.2 Å². The molecule has 0 spiro atoms. The third-order valence-corrected chi connectivity index (χ3v) is 5.53. The van der Waals surface area contributed by atoms with E-state index in [2.05, 4.69) is 47.5 Å². The van der Waals surface area contributed by atoms with Crippen LogP contribution in [-0.2, 0) is 6.42 Å². The minimum absolute atomic E-state index is 0.289. The molecule has 1 N–H and O–H groups in total. The predicted molar refractivity (Wildman–Crippen MR) is 86.3 cm³/mol. The van der Waals surface area contributed by atoms with E-state index in [1.165, 1.54) is 24.1 Å². The molecule has 1 heterocycles. The number of rotatable bonds is 4. The summed E-state index contributed by atoms with van der Waals surface area (Å²) in [7, 11) is 1.94. The molecule has 1 aliphatic carbocycles. The van der Waals surface area contributed by atoms with E-state index in [-0.39, 0.29) is 5.54 Å². The van der Waals surface area contributed by atoms with Crippen molar-refractivity contribution in [3.05, 3.63) is 29.8 Å². The summed E-state index contributed by atoms with van der Waals surface area (Å²) in [5.74, 6) is 0.479. The van der Waals surface area contributed by atoms with Crippen molar-refractivity contribution >= 4 is 5.69 Å². The lowest BCUT2D eigenvalue weighted by molar-refractivity contribution is 0.320. The number of hydrogen-bond acceptors (Lipinski definition) is 3. The summed E-state index contributed by atoms with van der Waals surface area (Å²) in [6, 6.07) is 11.9. The van der Waals surface area contributed by atoms with Crippen molar-refractivity contribution in [2.24, 2.45) is 5.92 Å². The van der Waals surface area contributed by atoms with E-state index in [0.717, 1.165) is 25.8 Å². The van der Waals surface area contributed by atoms with Gasteiger partial charge in [0.1, 0.15) is 5.54 Å². The molecule has 1 fully saturated rings. The first-order valence-corrected chi connectivity index (χ1v) is 8.15. The number of anilines is 1. The molecule has 0 radical (unpaired) electrons. The zero-order valence-corrected chi connectivity index (χ0v) is 13.1. The Labute approximate surface area is 128 Å². The third kappa shape index (κ3) is 2.42. The minimum atomic E-state index is -0.289. The van der Waals surface area contributed by atoms with E-state index < -0.39 is 0 Å². The Hall–Kier alpha value is -1.53. The zero-order chi connectivity index (χ0) is 14.9. The number of benzene rings is 1. The first-order valence-electron chi connectivity index (χ1n) is 8.15. The first kappa shape index (κ1) is 14.4. The second kappa shape index (κ2) is 5.69. The van der Waals surface area contributed by atoms with Gasteiger partial charge in [0.05, 0.1) is 6.07 Å². The highest BCUT2D eigenvalue weighted by Crippen LogP contribution is 2.39. The summed E-state index contributed by atoms with van der Waals surface area (Å²) in [6.45, 7) is 3.37. The average Bonchev–Trinajstić information content (AvgIpc) is 3.05. The molecule has 0 amide bonds. The SMILES string of the molecule is CNC1(C#N)CCCC1CCN1c2ccccc2CC1C. The smallest absolute Gasteiger partial charge is 0.109 e. The minimum Gasteiger partial charge on any atom is -0.368 e. The Bertz CT molecular complexity index is 548. The summed E-state index contributed by atoms with van der Waals surface area (Å²) in [6.07, 6.45) is 5.60. The van der Waals surface area contributed by atoms with Crippen LogP contribution < -0.4 is 10.2 Å². The maximum atomic E-state index is 9.56. The monoisotopic (exact) mass is 283 g/mol. The van der Waals surface area contributed by atoms with Gasteiger partial charge in [-0.1, -0.05) is 24.6 Å². The lowest BCUT2D eigenvalue weighted by Gasteiger charge is -2.32. The van der Waals surface area contributed by atoms with Gasteiger partial charge in [0, 0.05) is 18.3 Å². The third-order valence-electron chi connectivity index (χ3n) is 5.53. The van der Waals surface area contributed by atoms with Crippen LogP contribution in [0.4, 0.5) is 5.69 Å². The van der Waals surface area contributed by atoms with Gasteiger partial charge in [-0.3, -0.25) is 0 Å². The highest BCUT2D eigenvalue weighted by atomic mass is 15.2. The summed E-state index contributed by atoms with van der Waals surface area (Å²) < 4.78 is 0. The molecule has 1 aromatic carbocycles. The van der Waals surface area contributed by atoms with E-state index in [1.54, 1.807) is 0 Å². The Morgan fingerprint density at radius 2 is 2.24 bits per heavy atom. The summed E-state index contributed by atoms with van der Waals surface area (Å²) in [4.78, 5) is 2.53. The molecule has 2 aliphatic rings. The molecule has 21 heavy (non-hydrogen) atoms. The van der Waals surface area contributed by atoms with Gasteiger partial charge in [0.15, 0.2) is 0 Å². The van der Waals surface area contributed by atoms with Crippen LogP contribution in [0.25, 0.3) is 0 Å². The Morgan fingerprint density at radius 1 is 1.43 bits per heavy atom. The molecular weight excluding hydrogens is 258 g/mol. The number of nitrogens with zero attached hydrogens (tertiary/aromatic N) is 2. The molecule has 3 atom stereocenters. The highest BCUT2D eigenvalue weighted by molar-refractivity contribution is 5.59. The molecule has 1 aliphatic heterocycles. The summed E-state index contributed by atoms with van der Waals surface area (Å²) in [5, 5.41) is 12.9. The quantitative estimate of drug-likeness (QED) is 0.923. The van der Waals surface area contributed by atoms with Crippen LogP contribution >= 0.6 is 0 Å². The predicted octanol–water partition coefficient (Wildman–Crippen LogP) is 3.11. The van der Waals surface area contributed by atoms with E-state index in [4.69, 9.17) is 0 Å². The fourth-order valence-electron chi connectivity index (χ4n) is 4.27. The second-order valence-corrected chi connectivity index (χ2v) is 6.59. The standard InChI is InChI=1S/C18H25N3/c1-14-12-15-6-3-4-8-17(15)21(14)11-9-16-7-5-10-18(16,13-19)20-2/h3-4,6,8,14,16,20H,5,7,9-12H2,1-2H3. The molecule has 1 saturated carbocycles. The lowest BCUT2D eigenvalue weighted by Crippen LogP contribution is -2.46. The van der Waals surface area contributed by atoms with Gasteiger partial charge in [0.2, 0.25) is 0 Å². The van der Waals surface area contributed by atoms with Crippen LogP contribution in [0.5, 0.6) is 0 Å². The molecule has 1 aromatic rings. The molecule has 3 rings (SSSR count). The van der Waals surface area contributed by atoms with Gasteiger partial charge >= 0.3 is 0 Å².